The maximum absolute atomic E-state index is 2.67. The van der Waals surface area contributed by atoms with E-state index in [9.17, 15) is 0 Å². The van der Waals surface area contributed by atoms with Crippen molar-refractivity contribution < 1.29 is 0 Å². The molecule has 0 amide bonds. The van der Waals surface area contributed by atoms with Gasteiger partial charge in [0.25, 0.3) is 0 Å². The van der Waals surface area contributed by atoms with Crippen molar-refractivity contribution in [3.63, 3.8) is 0 Å². The molecule has 0 aromatic heterocycles. The van der Waals surface area contributed by atoms with Crippen LogP contribution in [0.5, 0.6) is 0 Å². The molecule has 0 saturated heterocycles. The zero-order valence-electron chi connectivity index (χ0n) is 28.3. The second-order valence-corrected chi connectivity index (χ2v) is 14.7. The molecule has 2 aromatic rings. The molecule has 2 aliphatic carbocycles. The number of rotatable bonds is 14. The minimum Gasteiger partial charge on any atom is -0.0651 e. The third kappa shape index (κ3) is 6.33. The highest BCUT2D eigenvalue weighted by molar-refractivity contribution is 5.75. The largest absolute Gasteiger partial charge is 0.0651 e. The van der Waals surface area contributed by atoms with E-state index in [1.807, 2.05) is 0 Å². The minimum absolute atomic E-state index is 0.0819. The molecular weight excluding hydrogens is 492 g/mol. The standard InChI is InChI=1S/C41H60/c1-11-15-29-19-21-31(17-13-3)37-35(29)25-33(23-27(5)6)39(37)41(9,10)40-34(24-28(7)8)26-36-30(16-12-2)20-22-32(18-14-4)38(36)40/h19-22,25-28,39-40H,11-18,23-24H2,1-10H3. The summed E-state index contributed by atoms with van der Waals surface area (Å²) in [5, 5.41) is 0. The van der Waals surface area contributed by atoms with Crippen LogP contribution in [0.4, 0.5) is 0 Å². The SMILES string of the molecule is CCCc1ccc(CCC)c2c1C=C(CC(C)C)C2C(C)(C)C1C(CC(C)C)=Cc2c(CCC)ccc(CCC)c21. The fraction of sp³-hybridized carbons (Fsp3) is 0.610. The quantitative estimate of drug-likeness (QED) is 0.219. The fourth-order valence-electron chi connectivity index (χ4n) is 8.50. The van der Waals surface area contributed by atoms with E-state index >= 15 is 0 Å². The Hall–Kier alpha value is -2.08. The molecule has 0 heterocycles. The monoisotopic (exact) mass is 552 g/mol. The first-order valence-electron chi connectivity index (χ1n) is 17.3. The van der Waals surface area contributed by atoms with Crippen molar-refractivity contribution in [3.8, 4) is 0 Å². The number of benzene rings is 2. The maximum atomic E-state index is 2.67. The van der Waals surface area contributed by atoms with Crippen LogP contribution < -0.4 is 0 Å². The summed E-state index contributed by atoms with van der Waals surface area (Å²) in [6, 6.07) is 9.96. The van der Waals surface area contributed by atoms with Crippen molar-refractivity contribution in [2.45, 2.75) is 145 Å². The number of allylic oxidation sites excluding steroid dienone is 2. The molecule has 0 bridgehead atoms. The highest BCUT2D eigenvalue weighted by Crippen LogP contribution is 2.61. The van der Waals surface area contributed by atoms with Gasteiger partial charge in [-0.15, -0.1) is 0 Å². The Balaban J connectivity index is 1.99. The Morgan fingerprint density at radius 2 is 0.854 bits per heavy atom. The molecule has 0 fully saturated rings. The van der Waals surface area contributed by atoms with Gasteiger partial charge in [0.15, 0.2) is 0 Å². The van der Waals surface area contributed by atoms with Crippen molar-refractivity contribution >= 4 is 12.2 Å². The van der Waals surface area contributed by atoms with Crippen LogP contribution in [-0.4, -0.2) is 0 Å². The zero-order valence-corrected chi connectivity index (χ0v) is 28.3. The molecule has 2 atom stereocenters. The average molecular weight is 553 g/mol. The van der Waals surface area contributed by atoms with Gasteiger partial charge in [-0.1, -0.05) is 142 Å². The van der Waals surface area contributed by atoms with Gasteiger partial charge in [0, 0.05) is 11.8 Å². The molecule has 2 aliphatic rings. The Labute approximate surface area is 254 Å². The minimum atomic E-state index is 0.0819. The molecule has 2 aromatic carbocycles. The second kappa shape index (κ2) is 13.5. The summed E-state index contributed by atoms with van der Waals surface area (Å²) in [4.78, 5) is 0. The lowest BCUT2D eigenvalue weighted by molar-refractivity contribution is 0.261. The number of aryl methyl sites for hydroxylation is 4. The normalized spacial score (nSPS) is 18.2. The highest BCUT2D eigenvalue weighted by Gasteiger charge is 2.48. The van der Waals surface area contributed by atoms with E-state index in [1.165, 1.54) is 64.2 Å². The smallest absolute Gasteiger partial charge is 0.0120 e. The van der Waals surface area contributed by atoms with Crippen molar-refractivity contribution in [3.05, 3.63) is 79.9 Å². The van der Waals surface area contributed by atoms with Crippen LogP contribution in [0, 0.1) is 17.3 Å². The number of hydrogen-bond acceptors (Lipinski definition) is 0. The molecule has 0 saturated carbocycles. The summed E-state index contributed by atoms with van der Waals surface area (Å²) in [5.41, 5.74) is 16.4. The van der Waals surface area contributed by atoms with Gasteiger partial charge in [0.05, 0.1) is 0 Å². The van der Waals surface area contributed by atoms with Crippen LogP contribution in [0.15, 0.2) is 35.4 Å². The summed E-state index contributed by atoms with van der Waals surface area (Å²) in [7, 11) is 0. The van der Waals surface area contributed by atoms with Crippen LogP contribution in [0.2, 0.25) is 0 Å². The molecule has 0 nitrogen and oxygen atoms in total. The van der Waals surface area contributed by atoms with E-state index in [-0.39, 0.29) is 5.41 Å². The molecule has 4 rings (SSSR count). The van der Waals surface area contributed by atoms with Crippen LogP contribution in [0.25, 0.3) is 12.2 Å². The van der Waals surface area contributed by atoms with E-state index in [0.717, 1.165) is 0 Å². The summed E-state index contributed by atoms with van der Waals surface area (Å²) in [6.45, 7) is 24.3. The molecule has 0 heteroatoms. The molecule has 0 aliphatic heterocycles. The Kier molecular flexibility index (Phi) is 10.5. The summed E-state index contributed by atoms with van der Waals surface area (Å²) < 4.78 is 0. The first-order valence-corrected chi connectivity index (χ1v) is 17.3. The molecule has 224 valence electrons. The molecule has 41 heavy (non-hydrogen) atoms. The van der Waals surface area contributed by atoms with E-state index in [1.54, 1.807) is 55.7 Å². The molecular formula is C41H60. The van der Waals surface area contributed by atoms with E-state index in [0.29, 0.717) is 23.7 Å². The Morgan fingerprint density at radius 1 is 0.537 bits per heavy atom. The molecule has 0 N–H and O–H groups in total. The molecule has 0 radical (unpaired) electrons. The second-order valence-electron chi connectivity index (χ2n) is 14.7. The Morgan fingerprint density at radius 3 is 1.17 bits per heavy atom. The predicted molar refractivity (Wildman–Crippen MR) is 183 cm³/mol. The van der Waals surface area contributed by atoms with E-state index < -0.39 is 0 Å². The number of fused-ring (bicyclic) bond motifs is 2. The van der Waals surface area contributed by atoms with Gasteiger partial charge >= 0.3 is 0 Å². The van der Waals surface area contributed by atoms with E-state index in [2.05, 4.69) is 106 Å². The van der Waals surface area contributed by atoms with Crippen molar-refractivity contribution in [1.29, 1.82) is 0 Å². The van der Waals surface area contributed by atoms with Gasteiger partial charge in [-0.25, -0.2) is 0 Å². The summed E-state index contributed by atoms with van der Waals surface area (Å²) in [6.07, 6.45) is 17.3. The first-order chi connectivity index (χ1) is 19.6. The van der Waals surface area contributed by atoms with Crippen molar-refractivity contribution in [2.24, 2.45) is 17.3 Å². The van der Waals surface area contributed by atoms with Gasteiger partial charge in [-0.3, -0.25) is 0 Å². The van der Waals surface area contributed by atoms with Crippen molar-refractivity contribution in [2.75, 3.05) is 0 Å². The summed E-state index contributed by atoms with van der Waals surface area (Å²) >= 11 is 0. The predicted octanol–water partition coefficient (Wildman–Crippen LogP) is 12.3. The molecule has 0 spiro atoms. The third-order valence-corrected chi connectivity index (χ3v) is 9.77. The first kappa shape index (κ1) is 31.8. The van der Waals surface area contributed by atoms with E-state index in [4.69, 9.17) is 0 Å². The van der Waals surface area contributed by atoms with Crippen LogP contribution in [0.1, 0.15) is 164 Å². The topological polar surface area (TPSA) is 0 Å². The summed E-state index contributed by atoms with van der Waals surface area (Å²) in [5.74, 6) is 2.25. The van der Waals surface area contributed by atoms with Crippen LogP contribution in [0.3, 0.4) is 0 Å². The van der Waals surface area contributed by atoms with Gasteiger partial charge in [0.2, 0.25) is 0 Å². The van der Waals surface area contributed by atoms with Gasteiger partial charge in [-0.05, 0) is 100 Å². The number of hydrogen-bond donors (Lipinski definition) is 0. The van der Waals surface area contributed by atoms with Crippen LogP contribution in [-0.2, 0) is 25.7 Å². The van der Waals surface area contributed by atoms with Gasteiger partial charge < -0.3 is 0 Å². The lowest BCUT2D eigenvalue weighted by Gasteiger charge is -2.43. The highest BCUT2D eigenvalue weighted by atomic mass is 14.5. The van der Waals surface area contributed by atoms with Gasteiger partial charge in [-0.2, -0.15) is 0 Å². The maximum Gasteiger partial charge on any atom is 0.0120 e. The average Bonchev–Trinajstić information content (AvgIpc) is 3.47. The Bertz CT molecular complexity index is 1160. The lowest BCUT2D eigenvalue weighted by atomic mass is 9.60. The fourth-order valence-corrected chi connectivity index (χ4v) is 8.50. The third-order valence-electron chi connectivity index (χ3n) is 9.77. The molecule has 2 unspecified atom stereocenters. The van der Waals surface area contributed by atoms with Gasteiger partial charge in [0.1, 0.15) is 0 Å². The zero-order chi connectivity index (χ0) is 29.9. The lowest BCUT2D eigenvalue weighted by Crippen LogP contribution is -2.32. The van der Waals surface area contributed by atoms with Crippen LogP contribution >= 0.6 is 0 Å². The van der Waals surface area contributed by atoms with Crippen molar-refractivity contribution in [1.82, 2.24) is 0 Å².